The second-order valence-electron chi connectivity index (χ2n) is 5.69. The second kappa shape index (κ2) is 5.92. The molecule has 2 rings (SSSR count). The van der Waals surface area contributed by atoms with Crippen molar-refractivity contribution in [2.24, 2.45) is 0 Å². The van der Waals surface area contributed by atoms with Gasteiger partial charge in [0.25, 0.3) is 0 Å². The molecular formula is C14H21NO5S. The fourth-order valence-corrected chi connectivity index (χ4v) is 2.95. The summed E-state index contributed by atoms with van der Waals surface area (Å²) in [6.07, 6.45) is 0.458. The van der Waals surface area contributed by atoms with Gasteiger partial charge in [0, 0.05) is 25.5 Å². The Morgan fingerprint density at radius 1 is 1.48 bits per heavy atom. The Morgan fingerprint density at radius 2 is 2.19 bits per heavy atom. The number of methoxy groups -OCH3 is 1. The second-order valence-corrected chi connectivity index (χ2v) is 6.93. The van der Waals surface area contributed by atoms with Crippen LogP contribution in [0.1, 0.15) is 25.0 Å². The zero-order valence-corrected chi connectivity index (χ0v) is 13.2. The number of fused-ring (bicyclic) bond motifs is 1. The van der Waals surface area contributed by atoms with Gasteiger partial charge in [0.1, 0.15) is 5.75 Å². The van der Waals surface area contributed by atoms with E-state index in [1.165, 1.54) is 7.11 Å². The molecule has 0 amide bonds. The van der Waals surface area contributed by atoms with Gasteiger partial charge in [-0.1, -0.05) is 26.0 Å². The van der Waals surface area contributed by atoms with Gasteiger partial charge in [-0.05, 0) is 17.2 Å². The Hall–Kier alpha value is -1.15. The largest absolute Gasteiger partial charge is 0.493 e. The summed E-state index contributed by atoms with van der Waals surface area (Å²) in [5.74, 6) is 0.902. The predicted molar refractivity (Wildman–Crippen MR) is 79.0 cm³/mol. The van der Waals surface area contributed by atoms with E-state index in [0.717, 1.165) is 23.3 Å². The van der Waals surface area contributed by atoms with Crippen LogP contribution in [0.25, 0.3) is 0 Å². The molecule has 1 heterocycles. The van der Waals surface area contributed by atoms with Crippen LogP contribution in [0.2, 0.25) is 0 Å². The van der Waals surface area contributed by atoms with E-state index < -0.39 is 21.8 Å². The van der Waals surface area contributed by atoms with E-state index >= 15 is 0 Å². The molecule has 1 unspecified atom stereocenters. The number of hydrogen-bond acceptors (Lipinski definition) is 4. The average molecular weight is 315 g/mol. The quantitative estimate of drug-likeness (QED) is 0.773. The first-order valence-corrected chi connectivity index (χ1v) is 8.19. The van der Waals surface area contributed by atoms with Crippen molar-refractivity contribution in [1.82, 2.24) is 4.72 Å². The first-order valence-electron chi connectivity index (χ1n) is 6.75. The number of benzene rings is 1. The number of ether oxygens (including phenoxy) is 2. The molecule has 0 bridgehead atoms. The molecule has 0 fully saturated rings. The summed E-state index contributed by atoms with van der Waals surface area (Å²) in [5, 5.41) is 0. The summed E-state index contributed by atoms with van der Waals surface area (Å²) >= 11 is 0. The first-order chi connectivity index (χ1) is 9.74. The lowest BCUT2D eigenvalue weighted by molar-refractivity contribution is 0.0495. The van der Waals surface area contributed by atoms with Gasteiger partial charge in [-0.25, -0.2) is 0 Å². The Labute approximate surface area is 125 Å². The minimum absolute atomic E-state index is 0.00405. The third kappa shape index (κ3) is 3.74. The Balaban J connectivity index is 2.22. The van der Waals surface area contributed by atoms with Gasteiger partial charge < -0.3 is 9.47 Å². The predicted octanol–water partition coefficient (Wildman–Crippen LogP) is 1.31. The molecule has 0 aliphatic carbocycles. The van der Waals surface area contributed by atoms with Gasteiger partial charge in [0.15, 0.2) is 0 Å². The topological polar surface area (TPSA) is 84.9 Å². The van der Waals surface area contributed by atoms with E-state index in [1.807, 2.05) is 26.0 Å². The van der Waals surface area contributed by atoms with Crippen LogP contribution in [-0.2, 0) is 26.9 Å². The molecule has 6 nitrogen and oxygen atoms in total. The summed E-state index contributed by atoms with van der Waals surface area (Å²) in [5.41, 5.74) is 1.76. The maximum Gasteiger partial charge on any atom is 0.333 e. The van der Waals surface area contributed by atoms with Crippen molar-refractivity contribution >= 4 is 10.3 Å². The van der Waals surface area contributed by atoms with E-state index in [0.29, 0.717) is 6.61 Å². The van der Waals surface area contributed by atoms with E-state index in [9.17, 15) is 8.42 Å². The molecule has 7 heteroatoms. The SMILES string of the molecule is COC(CNS(=O)(=O)O)C(C)(C)c1ccc2c(c1)CCO2. The van der Waals surface area contributed by atoms with Gasteiger partial charge in [-0.2, -0.15) is 13.1 Å². The maximum absolute atomic E-state index is 10.8. The molecule has 2 N–H and O–H groups in total. The summed E-state index contributed by atoms with van der Waals surface area (Å²) in [4.78, 5) is 0. The van der Waals surface area contributed by atoms with Crippen LogP contribution in [0.4, 0.5) is 0 Å². The molecule has 0 spiro atoms. The van der Waals surface area contributed by atoms with Crippen molar-refractivity contribution in [1.29, 1.82) is 0 Å². The van der Waals surface area contributed by atoms with Crippen molar-refractivity contribution in [2.45, 2.75) is 31.8 Å². The highest BCUT2D eigenvalue weighted by Crippen LogP contribution is 2.34. The summed E-state index contributed by atoms with van der Waals surface area (Å²) in [6, 6.07) is 5.97. The van der Waals surface area contributed by atoms with Crippen LogP contribution in [0.15, 0.2) is 18.2 Å². The number of rotatable bonds is 6. The summed E-state index contributed by atoms with van der Waals surface area (Å²) in [7, 11) is -2.71. The zero-order valence-electron chi connectivity index (χ0n) is 12.4. The van der Waals surface area contributed by atoms with Gasteiger partial charge in [-0.3, -0.25) is 4.55 Å². The molecular weight excluding hydrogens is 294 g/mol. The lowest BCUT2D eigenvalue weighted by Crippen LogP contribution is -2.44. The lowest BCUT2D eigenvalue weighted by Gasteiger charge is -2.34. The Bertz CT molecular complexity index is 612. The molecule has 1 atom stereocenters. The standard InChI is InChI=1S/C14H21NO5S/c1-14(2,13(19-3)9-15-21(16,17)18)11-4-5-12-10(8-11)6-7-20-12/h4-5,8,13,15H,6-7,9H2,1-3H3,(H,16,17,18). The molecule has 1 aromatic carbocycles. The number of hydrogen-bond donors (Lipinski definition) is 2. The van der Waals surface area contributed by atoms with Crippen LogP contribution >= 0.6 is 0 Å². The molecule has 1 aromatic rings. The zero-order chi connectivity index (χ0) is 15.7. The maximum atomic E-state index is 10.8. The first kappa shape index (κ1) is 16.2. The Morgan fingerprint density at radius 3 is 2.81 bits per heavy atom. The van der Waals surface area contributed by atoms with Gasteiger partial charge in [-0.15, -0.1) is 0 Å². The minimum Gasteiger partial charge on any atom is -0.493 e. The molecule has 0 aromatic heterocycles. The van der Waals surface area contributed by atoms with Gasteiger partial charge >= 0.3 is 10.3 Å². The van der Waals surface area contributed by atoms with Crippen molar-refractivity contribution in [2.75, 3.05) is 20.3 Å². The van der Waals surface area contributed by atoms with Crippen molar-refractivity contribution < 1.29 is 22.4 Å². The van der Waals surface area contributed by atoms with Gasteiger partial charge in [0.05, 0.1) is 12.7 Å². The van der Waals surface area contributed by atoms with E-state index in [2.05, 4.69) is 10.8 Å². The molecule has 0 radical (unpaired) electrons. The molecule has 0 saturated heterocycles. The molecule has 1 aliphatic rings. The highest BCUT2D eigenvalue weighted by Gasteiger charge is 2.33. The van der Waals surface area contributed by atoms with Crippen LogP contribution in [0.5, 0.6) is 5.75 Å². The Kier molecular flexibility index (Phi) is 4.57. The normalized spacial score (nSPS) is 16.4. The van der Waals surface area contributed by atoms with Crippen molar-refractivity contribution in [3.05, 3.63) is 29.3 Å². The molecule has 21 heavy (non-hydrogen) atoms. The number of nitrogens with one attached hydrogen (secondary N) is 1. The highest BCUT2D eigenvalue weighted by molar-refractivity contribution is 7.83. The highest BCUT2D eigenvalue weighted by atomic mass is 32.2. The fourth-order valence-electron chi connectivity index (χ4n) is 2.59. The van der Waals surface area contributed by atoms with Crippen LogP contribution in [-0.4, -0.2) is 39.3 Å². The minimum atomic E-state index is -4.23. The molecule has 118 valence electrons. The molecule has 0 saturated carbocycles. The molecule has 1 aliphatic heterocycles. The third-order valence-corrected chi connectivity index (χ3v) is 4.51. The van der Waals surface area contributed by atoms with E-state index in [4.69, 9.17) is 14.0 Å². The van der Waals surface area contributed by atoms with Crippen LogP contribution < -0.4 is 9.46 Å². The van der Waals surface area contributed by atoms with Crippen molar-refractivity contribution in [3.8, 4) is 5.75 Å². The van der Waals surface area contributed by atoms with E-state index in [-0.39, 0.29) is 6.54 Å². The van der Waals surface area contributed by atoms with Crippen LogP contribution in [0, 0.1) is 0 Å². The monoisotopic (exact) mass is 315 g/mol. The van der Waals surface area contributed by atoms with Crippen LogP contribution in [0.3, 0.4) is 0 Å². The van der Waals surface area contributed by atoms with E-state index in [1.54, 1.807) is 0 Å². The smallest absolute Gasteiger partial charge is 0.333 e. The third-order valence-electron chi connectivity index (χ3n) is 3.97. The summed E-state index contributed by atoms with van der Waals surface area (Å²) in [6.45, 7) is 4.64. The fraction of sp³-hybridized carbons (Fsp3) is 0.571. The lowest BCUT2D eigenvalue weighted by atomic mass is 9.78. The average Bonchev–Trinajstić information content (AvgIpc) is 2.84. The van der Waals surface area contributed by atoms with Crippen molar-refractivity contribution in [3.63, 3.8) is 0 Å². The summed E-state index contributed by atoms with van der Waals surface area (Å²) < 4.78 is 43.5. The van der Waals surface area contributed by atoms with Gasteiger partial charge in [0.2, 0.25) is 0 Å².